The maximum atomic E-state index is 12.8. The largest absolute Gasteiger partial charge is 0.342 e. The minimum Gasteiger partial charge on any atom is -0.342 e. The zero-order chi connectivity index (χ0) is 13.8. The van der Waals surface area contributed by atoms with E-state index in [0.717, 1.165) is 18.7 Å². The molecule has 1 heterocycles. The summed E-state index contributed by atoms with van der Waals surface area (Å²) in [5, 5.41) is 0. The number of hydrogen-bond acceptors (Lipinski definition) is 1. The van der Waals surface area contributed by atoms with Crippen molar-refractivity contribution in [1.82, 2.24) is 4.90 Å². The monoisotopic (exact) mass is 263 g/mol. The Labute approximate surface area is 114 Å². The number of likely N-dealkylation sites (tertiary alicyclic amines) is 1. The van der Waals surface area contributed by atoms with E-state index < -0.39 is 0 Å². The van der Waals surface area contributed by atoms with Gasteiger partial charge < -0.3 is 4.90 Å². The van der Waals surface area contributed by atoms with Gasteiger partial charge in [0.25, 0.3) is 0 Å². The van der Waals surface area contributed by atoms with Crippen LogP contribution in [0.15, 0.2) is 24.3 Å². The van der Waals surface area contributed by atoms with Gasteiger partial charge in [-0.25, -0.2) is 4.39 Å². The molecule has 2 unspecified atom stereocenters. The molecule has 1 aliphatic heterocycles. The van der Waals surface area contributed by atoms with Crippen molar-refractivity contribution < 1.29 is 9.18 Å². The van der Waals surface area contributed by atoms with Gasteiger partial charge in [-0.05, 0) is 42.4 Å². The molecule has 1 aromatic rings. The number of piperidine rings is 1. The highest BCUT2D eigenvalue weighted by molar-refractivity contribution is 5.76. The van der Waals surface area contributed by atoms with Crippen LogP contribution in [0.25, 0.3) is 0 Å². The summed E-state index contributed by atoms with van der Waals surface area (Å²) in [6.45, 7) is 6.17. The Bertz CT molecular complexity index is 419. The van der Waals surface area contributed by atoms with Crippen molar-refractivity contribution in [2.45, 2.75) is 33.1 Å². The summed E-state index contributed by atoms with van der Waals surface area (Å²) in [7, 11) is 0. The number of carbonyl (C=O) groups excluding carboxylic acids is 1. The standard InChI is InChI=1S/C16H22FNO/c1-12-9-13(2)11-18(10-12)16(19)8-5-14-3-6-15(17)7-4-14/h3-4,6-7,12-13H,5,8-11H2,1-2H3. The van der Waals surface area contributed by atoms with E-state index in [0.29, 0.717) is 24.7 Å². The fraction of sp³-hybridized carbons (Fsp3) is 0.562. The predicted octanol–water partition coefficient (Wildman–Crippen LogP) is 3.26. The highest BCUT2D eigenvalue weighted by Crippen LogP contribution is 2.21. The van der Waals surface area contributed by atoms with E-state index in [2.05, 4.69) is 13.8 Å². The molecule has 0 aromatic heterocycles. The zero-order valence-corrected chi connectivity index (χ0v) is 11.7. The maximum Gasteiger partial charge on any atom is 0.222 e. The van der Waals surface area contributed by atoms with E-state index in [9.17, 15) is 9.18 Å². The van der Waals surface area contributed by atoms with Crippen molar-refractivity contribution in [1.29, 1.82) is 0 Å². The molecule has 0 saturated carbocycles. The quantitative estimate of drug-likeness (QED) is 0.819. The number of aryl methyl sites for hydroxylation is 1. The molecule has 0 radical (unpaired) electrons. The topological polar surface area (TPSA) is 20.3 Å². The average Bonchev–Trinajstić information content (AvgIpc) is 2.36. The third-order valence-electron chi connectivity index (χ3n) is 3.76. The summed E-state index contributed by atoms with van der Waals surface area (Å²) in [4.78, 5) is 14.2. The van der Waals surface area contributed by atoms with Crippen LogP contribution in [-0.2, 0) is 11.2 Å². The van der Waals surface area contributed by atoms with Gasteiger partial charge in [-0.3, -0.25) is 4.79 Å². The van der Waals surface area contributed by atoms with Gasteiger partial charge in [-0.1, -0.05) is 26.0 Å². The summed E-state index contributed by atoms with van der Waals surface area (Å²) in [6.07, 6.45) is 2.42. The molecular weight excluding hydrogens is 241 g/mol. The molecule has 0 spiro atoms. The SMILES string of the molecule is CC1CC(C)CN(C(=O)CCc2ccc(F)cc2)C1. The first kappa shape index (κ1) is 14.0. The van der Waals surface area contributed by atoms with Gasteiger partial charge in [0.05, 0.1) is 0 Å². The molecule has 0 bridgehead atoms. The molecule has 1 fully saturated rings. The molecule has 2 atom stereocenters. The van der Waals surface area contributed by atoms with Crippen molar-refractivity contribution in [3.63, 3.8) is 0 Å². The number of amides is 1. The van der Waals surface area contributed by atoms with Crippen LogP contribution >= 0.6 is 0 Å². The molecule has 1 aliphatic rings. The van der Waals surface area contributed by atoms with Crippen LogP contribution in [0.3, 0.4) is 0 Å². The number of hydrogen-bond donors (Lipinski definition) is 0. The van der Waals surface area contributed by atoms with E-state index in [1.165, 1.54) is 18.6 Å². The Balaban J connectivity index is 1.85. The van der Waals surface area contributed by atoms with Crippen molar-refractivity contribution >= 4 is 5.91 Å². The first-order valence-electron chi connectivity index (χ1n) is 7.07. The summed E-state index contributed by atoms with van der Waals surface area (Å²) in [5.74, 6) is 1.19. The second-order valence-corrected chi connectivity index (χ2v) is 5.87. The summed E-state index contributed by atoms with van der Waals surface area (Å²) < 4.78 is 12.8. The van der Waals surface area contributed by atoms with E-state index >= 15 is 0 Å². The lowest BCUT2D eigenvalue weighted by Crippen LogP contribution is -2.42. The number of rotatable bonds is 3. The number of halogens is 1. The van der Waals surface area contributed by atoms with Gasteiger partial charge in [0.2, 0.25) is 5.91 Å². The van der Waals surface area contributed by atoms with Crippen LogP contribution in [0.4, 0.5) is 4.39 Å². The molecule has 2 nitrogen and oxygen atoms in total. The van der Waals surface area contributed by atoms with Gasteiger partial charge in [0.1, 0.15) is 5.82 Å². The van der Waals surface area contributed by atoms with Crippen molar-refractivity contribution in [2.24, 2.45) is 11.8 Å². The normalized spacial score (nSPS) is 23.4. The maximum absolute atomic E-state index is 12.8. The average molecular weight is 263 g/mol. The van der Waals surface area contributed by atoms with E-state index in [1.807, 2.05) is 4.90 Å². The Kier molecular flexibility index (Phi) is 4.56. The molecule has 1 amide bonds. The molecule has 1 saturated heterocycles. The van der Waals surface area contributed by atoms with Crippen LogP contribution in [0.5, 0.6) is 0 Å². The van der Waals surface area contributed by atoms with Gasteiger partial charge in [0, 0.05) is 19.5 Å². The third kappa shape index (κ3) is 4.05. The molecule has 0 N–H and O–H groups in total. The first-order chi connectivity index (χ1) is 9.04. The molecule has 19 heavy (non-hydrogen) atoms. The van der Waals surface area contributed by atoms with Gasteiger partial charge in [-0.15, -0.1) is 0 Å². The van der Waals surface area contributed by atoms with E-state index in [1.54, 1.807) is 12.1 Å². The summed E-state index contributed by atoms with van der Waals surface area (Å²) in [5.41, 5.74) is 1.02. The van der Waals surface area contributed by atoms with Crippen LogP contribution < -0.4 is 0 Å². The van der Waals surface area contributed by atoms with Crippen LogP contribution in [0.1, 0.15) is 32.3 Å². The van der Waals surface area contributed by atoms with Crippen LogP contribution in [0.2, 0.25) is 0 Å². The van der Waals surface area contributed by atoms with Gasteiger partial charge in [0.15, 0.2) is 0 Å². The molecule has 3 heteroatoms. The van der Waals surface area contributed by atoms with Crippen molar-refractivity contribution in [2.75, 3.05) is 13.1 Å². The first-order valence-corrected chi connectivity index (χ1v) is 7.07. The highest BCUT2D eigenvalue weighted by atomic mass is 19.1. The second kappa shape index (κ2) is 6.18. The lowest BCUT2D eigenvalue weighted by atomic mass is 9.91. The Hall–Kier alpha value is -1.38. The number of benzene rings is 1. The second-order valence-electron chi connectivity index (χ2n) is 5.87. The third-order valence-corrected chi connectivity index (χ3v) is 3.76. The van der Waals surface area contributed by atoms with Crippen molar-refractivity contribution in [3.8, 4) is 0 Å². The van der Waals surface area contributed by atoms with Crippen LogP contribution in [-0.4, -0.2) is 23.9 Å². The Morgan fingerprint density at radius 1 is 1.21 bits per heavy atom. The Morgan fingerprint density at radius 2 is 1.79 bits per heavy atom. The fourth-order valence-corrected chi connectivity index (χ4v) is 2.93. The minimum atomic E-state index is -0.228. The number of nitrogens with zero attached hydrogens (tertiary/aromatic N) is 1. The lowest BCUT2D eigenvalue weighted by molar-refractivity contribution is -0.133. The van der Waals surface area contributed by atoms with E-state index in [4.69, 9.17) is 0 Å². The fourth-order valence-electron chi connectivity index (χ4n) is 2.93. The Morgan fingerprint density at radius 3 is 2.37 bits per heavy atom. The van der Waals surface area contributed by atoms with Crippen molar-refractivity contribution in [3.05, 3.63) is 35.6 Å². The minimum absolute atomic E-state index is 0.225. The molecule has 2 rings (SSSR count). The van der Waals surface area contributed by atoms with Gasteiger partial charge >= 0.3 is 0 Å². The van der Waals surface area contributed by atoms with Crippen LogP contribution in [0, 0.1) is 17.7 Å². The molecule has 104 valence electrons. The smallest absolute Gasteiger partial charge is 0.222 e. The number of carbonyl (C=O) groups is 1. The predicted molar refractivity (Wildman–Crippen MR) is 74.2 cm³/mol. The summed E-state index contributed by atoms with van der Waals surface area (Å²) in [6, 6.07) is 6.41. The highest BCUT2D eigenvalue weighted by Gasteiger charge is 2.24. The van der Waals surface area contributed by atoms with E-state index in [-0.39, 0.29) is 11.7 Å². The molecule has 0 aliphatic carbocycles. The zero-order valence-electron chi connectivity index (χ0n) is 11.7. The van der Waals surface area contributed by atoms with Gasteiger partial charge in [-0.2, -0.15) is 0 Å². The molecule has 1 aromatic carbocycles. The lowest BCUT2D eigenvalue weighted by Gasteiger charge is -2.35. The summed E-state index contributed by atoms with van der Waals surface area (Å²) >= 11 is 0. The molecular formula is C16H22FNO.